The first-order chi connectivity index (χ1) is 29.4. The van der Waals surface area contributed by atoms with Gasteiger partial charge < -0.3 is 36.3 Å². The van der Waals surface area contributed by atoms with Gasteiger partial charge in [-0.1, -0.05) is 97.8 Å². The van der Waals surface area contributed by atoms with Crippen LogP contribution < -0.4 is 21.7 Å². The smallest absolute Gasteiger partial charge is 0.237 e. The van der Waals surface area contributed by atoms with Crippen molar-refractivity contribution in [2.45, 2.75) is 134 Å². The zero-order valence-electron chi connectivity index (χ0n) is 35.9. The van der Waals surface area contributed by atoms with E-state index in [0.29, 0.717) is 49.3 Å². The number of ether oxygens (including phenoxy) is 2. The largest absolute Gasteiger partial charge is 0.397 e. The first-order valence-electron chi connectivity index (χ1n) is 22.1. The van der Waals surface area contributed by atoms with Crippen LogP contribution in [0.2, 0.25) is 0 Å². The molecule has 11 heteroatoms. The lowest BCUT2D eigenvalue weighted by Gasteiger charge is -2.50. The molecule has 2 aliphatic heterocycles. The van der Waals surface area contributed by atoms with E-state index in [1.807, 2.05) is 75.4 Å². The average molecular weight is 830 g/mol. The predicted molar refractivity (Wildman–Crippen MR) is 239 cm³/mol. The normalized spacial score (nSPS) is 23.1. The summed E-state index contributed by atoms with van der Waals surface area (Å²) in [5.41, 5.74) is 12.4. The third-order valence-corrected chi connectivity index (χ3v) is 12.4. The molecule has 2 heterocycles. The molecule has 0 spiro atoms. The lowest BCUT2D eigenvalue weighted by Crippen LogP contribution is -2.61. The number of aliphatic hydroxyl groups is 1. The number of piperidine rings is 1. The lowest BCUT2D eigenvalue weighted by molar-refractivity contribution is -0.255. The van der Waals surface area contributed by atoms with E-state index in [2.05, 4.69) is 51.2 Å². The molecule has 11 nitrogen and oxygen atoms in total. The average Bonchev–Trinajstić information content (AvgIpc) is 3.26. The minimum atomic E-state index is -0.634. The molecule has 6 N–H and O–H groups in total. The van der Waals surface area contributed by atoms with Gasteiger partial charge in [0, 0.05) is 49.5 Å². The number of likely N-dealkylation sites (tertiary alicyclic amines) is 1. The summed E-state index contributed by atoms with van der Waals surface area (Å²) >= 11 is 0. The van der Waals surface area contributed by atoms with Crippen LogP contribution in [0.25, 0.3) is 11.1 Å². The molecule has 2 saturated heterocycles. The van der Waals surface area contributed by atoms with Crippen molar-refractivity contribution in [1.29, 1.82) is 0 Å². The Morgan fingerprint density at radius 1 is 0.803 bits per heavy atom. The van der Waals surface area contributed by atoms with Gasteiger partial charge in [0.05, 0.1) is 36.2 Å². The fourth-order valence-electron chi connectivity index (χ4n) is 9.29. The van der Waals surface area contributed by atoms with Gasteiger partial charge in [-0.25, -0.2) is 0 Å². The van der Waals surface area contributed by atoms with Gasteiger partial charge in [0.15, 0.2) is 6.29 Å². The molecule has 3 amide bonds. The van der Waals surface area contributed by atoms with E-state index in [1.165, 1.54) is 19.3 Å². The van der Waals surface area contributed by atoms with Crippen molar-refractivity contribution >= 4 is 29.1 Å². The summed E-state index contributed by atoms with van der Waals surface area (Å²) in [5, 5.41) is 18.9. The number of benzene rings is 4. The summed E-state index contributed by atoms with van der Waals surface area (Å²) in [6, 6.07) is 31.5. The maximum atomic E-state index is 13.9. The van der Waals surface area contributed by atoms with E-state index in [-0.39, 0.29) is 61.0 Å². The molecule has 7 rings (SSSR count). The number of rotatable bonds is 14. The van der Waals surface area contributed by atoms with Crippen molar-refractivity contribution in [3.63, 3.8) is 0 Å². The molecule has 0 radical (unpaired) electrons. The molecule has 324 valence electrons. The molecule has 4 aromatic rings. The lowest BCUT2D eigenvalue weighted by atomic mass is 9.75. The zero-order valence-corrected chi connectivity index (χ0v) is 35.9. The molecule has 1 aliphatic carbocycles. The molecule has 3 fully saturated rings. The van der Waals surface area contributed by atoms with Crippen molar-refractivity contribution in [3.05, 3.63) is 119 Å². The van der Waals surface area contributed by atoms with E-state index in [4.69, 9.17) is 15.2 Å². The van der Waals surface area contributed by atoms with Crippen LogP contribution in [0, 0.1) is 5.92 Å². The van der Waals surface area contributed by atoms with Crippen LogP contribution in [-0.2, 0) is 37.0 Å². The maximum absolute atomic E-state index is 13.9. The standard InChI is InChI=1S/C50H63N5O6/c1-50(2,3)54-48(59)44-28-27-35-11-5-9-16-43(35)55(44)31-39-29-45(36-21-19-33(32-56)20-22-36)61-49(60-39)37-25-23-34(24-26-37)40-13-6-4-12-38(40)30-52-46(57)17-10-18-47(58)53-42-15-8-7-14-41(42)51/h4,6-8,12-15,19-26,35,39,43-45,49,56H,5,9-11,16-18,27-32,51H2,1-3H3,(H,52,57)(H,53,58)(H,54,59). The van der Waals surface area contributed by atoms with E-state index in [1.54, 1.807) is 12.1 Å². The highest BCUT2D eigenvalue weighted by Crippen LogP contribution is 2.42. The van der Waals surface area contributed by atoms with Gasteiger partial charge in [0.2, 0.25) is 17.7 Å². The number of para-hydroxylation sites is 2. The topological polar surface area (TPSA) is 155 Å². The summed E-state index contributed by atoms with van der Waals surface area (Å²) in [6.45, 7) is 7.09. The second-order valence-electron chi connectivity index (χ2n) is 18.0. The van der Waals surface area contributed by atoms with Crippen molar-refractivity contribution < 1.29 is 29.0 Å². The maximum Gasteiger partial charge on any atom is 0.237 e. The van der Waals surface area contributed by atoms with Crippen LogP contribution in [0.15, 0.2) is 97.1 Å². The van der Waals surface area contributed by atoms with Crippen LogP contribution in [0.3, 0.4) is 0 Å². The number of amides is 3. The van der Waals surface area contributed by atoms with Gasteiger partial charge in [-0.15, -0.1) is 0 Å². The highest BCUT2D eigenvalue weighted by molar-refractivity contribution is 5.94. The van der Waals surface area contributed by atoms with Crippen molar-refractivity contribution in [1.82, 2.24) is 15.5 Å². The fourth-order valence-corrected chi connectivity index (χ4v) is 9.29. The first kappa shape index (κ1) is 44.0. The van der Waals surface area contributed by atoms with E-state index < -0.39 is 6.29 Å². The summed E-state index contributed by atoms with van der Waals surface area (Å²) in [4.78, 5) is 41.6. The van der Waals surface area contributed by atoms with Gasteiger partial charge in [0.1, 0.15) is 0 Å². The second-order valence-corrected chi connectivity index (χ2v) is 18.0. The Balaban J connectivity index is 1.03. The molecule has 1 saturated carbocycles. The Hall–Kier alpha value is -5.07. The highest BCUT2D eigenvalue weighted by atomic mass is 16.7. The molecule has 6 atom stereocenters. The Bertz CT molecular complexity index is 2100. The van der Waals surface area contributed by atoms with E-state index in [9.17, 15) is 19.5 Å². The van der Waals surface area contributed by atoms with Crippen LogP contribution >= 0.6 is 0 Å². The van der Waals surface area contributed by atoms with Gasteiger partial charge in [0.25, 0.3) is 0 Å². The first-order valence-corrected chi connectivity index (χ1v) is 22.1. The van der Waals surface area contributed by atoms with Crippen molar-refractivity contribution in [2.75, 3.05) is 17.6 Å². The van der Waals surface area contributed by atoms with E-state index in [0.717, 1.165) is 52.6 Å². The molecule has 0 aromatic heterocycles. The van der Waals surface area contributed by atoms with Crippen LogP contribution in [0.5, 0.6) is 0 Å². The Morgan fingerprint density at radius 3 is 2.26 bits per heavy atom. The number of hydrogen-bond donors (Lipinski definition) is 5. The fraction of sp³-hybridized carbons (Fsp3) is 0.460. The van der Waals surface area contributed by atoms with Crippen LogP contribution in [0.4, 0.5) is 11.4 Å². The number of anilines is 2. The van der Waals surface area contributed by atoms with Gasteiger partial charge in [-0.3, -0.25) is 19.3 Å². The predicted octanol–water partition coefficient (Wildman–Crippen LogP) is 8.34. The third kappa shape index (κ3) is 11.7. The quantitative estimate of drug-likeness (QED) is 0.0795. The van der Waals surface area contributed by atoms with Crippen molar-refractivity contribution in [2.24, 2.45) is 5.92 Å². The van der Waals surface area contributed by atoms with Gasteiger partial charge in [-0.05, 0) is 98.7 Å². The number of nitrogens with two attached hydrogens (primary N) is 1. The highest BCUT2D eigenvalue weighted by Gasteiger charge is 2.44. The molecule has 0 bridgehead atoms. The third-order valence-electron chi connectivity index (χ3n) is 12.4. The molecular weight excluding hydrogens is 767 g/mol. The second kappa shape index (κ2) is 20.2. The summed E-state index contributed by atoms with van der Waals surface area (Å²) in [5.74, 6) is 0.387. The number of nitrogen functional groups attached to an aromatic ring is 1. The number of aliphatic hydroxyl groups excluding tert-OH is 1. The molecule has 3 aliphatic rings. The minimum Gasteiger partial charge on any atom is -0.397 e. The number of fused-ring (bicyclic) bond motifs is 1. The Kier molecular flexibility index (Phi) is 14.6. The Labute approximate surface area is 360 Å². The monoisotopic (exact) mass is 829 g/mol. The Morgan fingerprint density at radius 2 is 1.51 bits per heavy atom. The summed E-state index contributed by atoms with van der Waals surface area (Å²) < 4.78 is 13.6. The van der Waals surface area contributed by atoms with E-state index >= 15 is 0 Å². The molecule has 61 heavy (non-hydrogen) atoms. The number of hydrogen-bond acceptors (Lipinski definition) is 8. The molecular formula is C50H63N5O6. The number of carbonyl (C=O) groups is 3. The summed E-state index contributed by atoms with van der Waals surface area (Å²) in [7, 11) is 0. The minimum absolute atomic E-state index is 0.0241. The van der Waals surface area contributed by atoms with Gasteiger partial charge in [-0.2, -0.15) is 0 Å². The van der Waals surface area contributed by atoms with Crippen molar-refractivity contribution in [3.8, 4) is 11.1 Å². The SMILES string of the molecule is CC(C)(C)NC(=O)C1CCC2CCCCC2N1CC1CC(c2ccc(CO)cc2)OC(c2ccc(-c3ccccc3CNC(=O)CCCC(=O)Nc3ccccc3N)cc2)O1. The van der Waals surface area contributed by atoms with Gasteiger partial charge >= 0.3 is 0 Å². The number of nitrogens with zero attached hydrogens (tertiary/aromatic N) is 1. The molecule has 6 unspecified atom stereocenters. The zero-order chi connectivity index (χ0) is 42.9. The van der Waals surface area contributed by atoms with Crippen LogP contribution in [0.1, 0.15) is 120 Å². The number of carbonyl (C=O) groups excluding carboxylic acids is 3. The molecule has 4 aromatic carbocycles. The summed E-state index contributed by atoms with van der Waals surface area (Å²) in [6.07, 6.45) is 7.09. The number of nitrogens with one attached hydrogen (secondary N) is 3. The van der Waals surface area contributed by atoms with Crippen LogP contribution in [-0.4, -0.2) is 58.0 Å².